The average molecular weight is 488 g/mol. The van der Waals surface area contributed by atoms with Crippen molar-refractivity contribution in [2.75, 3.05) is 52.1 Å². The van der Waals surface area contributed by atoms with Crippen LogP contribution in [-0.4, -0.2) is 90.0 Å². The summed E-state index contributed by atoms with van der Waals surface area (Å²) in [5.41, 5.74) is 0.656. The summed E-state index contributed by atoms with van der Waals surface area (Å²) in [5, 5.41) is 2.87. The summed E-state index contributed by atoms with van der Waals surface area (Å²) in [6.07, 6.45) is 0.427. The number of hydrogen-bond acceptors (Lipinski definition) is 7. The van der Waals surface area contributed by atoms with Gasteiger partial charge in [0.1, 0.15) is 5.82 Å². The molecular formula is C23H26FN5O4S. The van der Waals surface area contributed by atoms with E-state index in [1.807, 2.05) is 4.90 Å². The Hall–Kier alpha value is -3.18. The number of likely N-dealkylation sites (N-methyl/N-ethyl adjacent to an activating group) is 1. The number of carbonyl (C=O) groups excluding carboxylic acids is 4. The van der Waals surface area contributed by atoms with Gasteiger partial charge in [0.05, 0.1) is 23.0 Å². The molecule has 3 amide bonds. The van der Waals surface area contributed by atoms with Gasteiger partial charge in [-0.1, -0.05) is 17.4 Å². The minimum Gasteiger partial charge on any atom is -0.348 e. The highest BCUT2D eigenvalue weighted by molar-refractivity contribution is 7.17. The topological polar surface area (TPSA) is 103 Å². The van der Waals surface area contributed by atoms with Gasteiger partial charge in [0, 0.05) is 58.7 Å². The number of ketones is 1. The Kier molecular flexibility index (Phi) is 7.03. The average Bonchev–Trinajstić information content (AvgIpc) is 3.22. The molecule has 1 fully saturated rings. The van der Waals surface area contributed by atoms with Crippen molar-refractivity contribution in [3.63, 3.8) is 0 Å². The summed E-state index contributed by atoms with van der Waals surface area (Å²) in [4.78, 5) is 60.3. The van der Waals surface area contributed by atoms with E-state index in [1.54, 1.807) is 23.9 Å². The monoisotopic (exact) mass is 487 g/mol. The molecule has 0 unspecified atom stereocenters. The number of benzene rings is 1. The van der Waals surface area contributed by atoms with Crippen LogP contribution in [0.25, 0.3) is 0 Å². The zero-order valence-corrected chi connectivity index (χ0v) is 19.9. The molecule has 1 aromatic carbocycles. The van der Waals surface area contributed by atoms with Crippen LogP contribution in [0.1, 0.15) is 32.1 Å². The molecule has 2 aromatic rings. The first-order valence-corrected chi connectivity index (χ1v) is 11.8. The van der Waals surface area contributed by atoms with Gasteiger partial charge in [-0.3, -0.25) is 29.4 Å². The molecular weight excluding hydrogens is 461 g/mol. The van der Waals surface area contributed by atoms with Gasteiger partial charge in [-0.25, -0.2) is 9.37 Å². The van der Waals surface area contributed by atoms with E-state index < -0.39 is 17.6 Å². The van der Waals surface area contributed by atoms with Gasteiger partial charge >= 0.3 is 0 Å². The van der Waals surface area contributed by atoms with Gasteiger partial charge in [-0.2, -0.15) is 0 Å². The molecule has 4 rings (SSSR count). The number of fused-ring (bicyclic) bond motifs is 1. The highest BCUT2D eigenvalue weighted by Gasteiger charge is 2.36. The van der Waals surface area contributed by atoms with Crippen LogP contribution in [0.5, 0.6) is 0 Å². The molecule has 1 aliphatic carbocycles. The minimum absolute atomic E-state index is 0.0222. The molecule has 2 aliphatic rings. The summed E-state index contributed by atoms with van der Waals surface area (Å²) in [6.45, 7) is 2.53. The third kappa shape index (κ3) is 5.31. The number of carbonyl (C=O) groups is 4. The van der Waals surface area contributed by atoms with Crippen molar-refractivity contribution >= 4 is 40.0 Å². The van der Waals surface area contributed by atoms with Gasteiger partial charge < -0.3 is 9.80 Å². The lowest BCUT2D eigenvalue weighted by Crippen LogP contribution is -2.52. The van der Waals surface area contributed by atoms with Crippen molar-refractivity contribution in [1.29, 1.82) is 0 Å². The number of rotatable bonds is 5. The number of amides is 3. The molecule has 1 saturated heterocycles. The molecule has 9 nitrogen and oxygen atoms in total. The molecule has 1 aromatic heterocycles. The maximum atomic E-state index is 13.4. The number of hydrogen-bond donors (Lipinski definition) is 1. The van der Waals surface area contributed by atoms with Gasteiger partial charge in [0.25, 0.3) is 5.91 Å². The molecule has 1 N–H and O–H groups in total. The van der Waals surface area contributed by atoms with Gasteiger partial charge in [-0.05, 0) is 18.2 Å². The Morgan fingerprint density at radius 2 is 1.91 bits per heavy atom. The Labute approximate surface area is 200 Å². The van der Waals surface area contributed by atoms with Crippen LogP contribution in [0.2, 0.25) is 0 Å². The number of halogens is 1. The van der Waals surface area contributed by atoms with Crippen molar-refractivity contribution in [1.82, 2.24) is 19.7 Å². The molecule has 0 bridgehead atoms. The third-order valence-electron chi connectivity index (χ3n) is 6.02. The number of nitrogens with one attached hydrogen (secondary N) is 1. The fourth-order valence-electron chi connectivity index (χ4n) is 4.07. The van der Waals surface area contributed by atoms with E-state index in [9.17, 15) is 23.6 Å². The van der Waals surface area contributed by atoms with Gasteiger partial charge in [-0.15, -0.1) is 0 Å². The SMILES string of the molecule is CN(C)C(=O)CN1CCN(C(=O)[C@H]2CC(=O)c3sc(NC(=O)c4cccc(F)c4)nc3C2)CC1. The molecule has 11 heteroatoms. The van der Waals surface area contributed by atoms with Crippen LogP contribution >= 0.6 is 11.3 Å². The van der Waals surface area contributed by atoms with Crippen LogP contribution in [0.3, 0.4) is 0 Å². The molecule has 180 valence electrons. The van der Waals surface area contributed by atoms with Crippen molar-refractivity contribution in [3.05, 3.63) is 46.2 Å². The predicted octanol–water partition coefficient (Wildman–Crippen LogP) is 1.51. The quantitative estimate of drug-likeness (QED) is 0.686. The first-order chi connectivity index (χ1) is 16.2. The lowest BCUT2D eigenvalue weighted by atomic mass is 9.88. The largest absolute Gasteiger partial charge is 0.348 e. The number of Topliss-reactive ketones (excluding diaryl/α,β-unsaturated/α-hetero) is 1. The summed E-state index contributed by atoms with van der Waals surface area (Å²) < 4.78 is 13.4. The lowest BCUT2D eigenvalue weighted by Gasteiger charge is -2.36. The van der Waals surface area contributed by atoms with Crippen LogP contribution in [0.15, 0.2) is 24.3 Å². The maximum Gasteiger partial charge on any atom is 0.257 e. The summed E-state index contributed by atoms with van der Waals surface area (Å²) in [5.74, 6) is -1.77. The predicted molar refractivity (Wildman–Crippen MR) is 124 cm³/mol. The lowest BCUT2D eigenvalue weighted by molar-refractivity contribution is -0.138. The van der Waals surface area contributed by atoms with E-state index in [2.05, 4.69) is 10.3 Å². The highest BCUT2D eigenvalue weighted by atomic mass is 32.1. The van der Waals surface area contributed by atoms with E-state index in [4.69, 9.17) is 0 Å². The molecule has 34 heavy (non-hydrogen) atoms. The number of piperazine rings is 1. The van der Waals surface area contributed by atoms with Crippen molar-refractivity contribution < 1.29 is 23.6 Å². The Bertz CT molecular complexity index is 1130. The maximum absolute atomic E-state index is 13.4. The number of aromatic nitrogens is 1. The fourth-order valence-corrected chi connectivity index (χ4v) is 5.01. The van der Waals surface area contributed by atoms with E-state index >= 15 is 0 Å². The van der Waals surface area contributed by atoms with E-state index in [0.717, 1.165) is 17.4 Å². The number of anilines is 1. The van der Waals surface area contributed by atoms with Crippen molar-refractivity contribution in [2.24, 2.45) is 5.92 Å². The second kappa shape index (κ2) is 9.98. The van der Waals surface area contributed by atoms with Crippen molar-refractivity contribution in [3.8, 4) is 0 Å². The minimum atomic E-state index is -0.521. The van der Waals surface area contributed by atoms with Gasteiger partial charge in [0.2, 0.25) is 11.8 Å². The zero-order valence-electron chi connectivity index (χ0n) is 19.0. The second-order valence-corrected chi connectivity index (χ2v) is 9.68. The number of thiazole rings is 1. The fraction of sp³-hybridized carbons (Fsp3) is 0.435. The van der Waals surface area contributed by atoms with E-state index in [-0.39, 0.29) is 34.7 Å². The first-order valence-electron chi connectivity index (χ1n) is 11.0. The molecule has 0 spiro atoms. The normalized spacial score (nSPS) is 18.4. The standard InChI is InChI=1S/C23H26FN5O4S/c1-27(2)19(31)13-28-6-8-29(9-7-28)22(33)15-11-17-20(18(30)12-15)34-23(25-17)26-21(32)14-4-3-5-16(24)10-14/h3-5,10,15H,6-9,11-13H2,1-2H3,(H,25,26,32)/t15-/m1/s1. The van der Waals surface area contributed by atoms with Crippen LogP contribution in [0.4, 0.5) is 9.52 Å². The van der Waals surface area contributed by atoms with Crippen LogP contribution < -0.4 is 5.32 Å². The third-order valence-corrected chi connectivity index (χ3v) is 7.07. The second-order valence-electron chi connectivity index (χ2n) is 8.68. The Morgan fingerprint density at radius 3 is 2.59 bits per heavy atom. The van der Waals surface area contributed by atoms with Crippen LogP contribution in [-0.2, 0) is 16.0 Å². The zero-order chi connectivity index (χ0) is 24.4. The Balaban J connectivity index is 1.36. The van der Waals surface area contributed by atoms with Gasteiger partial charge in [0.15, 0.2) is 10.9 Å². The smallest absolute Gasteiger partial charge is 0.257 e. The summed E-state index contributed by atoms with van der Waals surface area (Å²) >= 11 is 1.07. The van der Waals surface area contributed by atoms with Crippen molar-refractivity contribution in [2.45, 2.75) is 12.8 Å². The highest BCUT2D eigenvalue weighted by Crippen LogP contribution is 2.33. The molecule has 0 saturated carbocycles. The van der Waals surface area contributed by atoms with Crippen LogP contribution in [0, 0.1) is 11.7 Å². The molecule has 2 heterocycles. The molecule has 1 aliphatic heterocycles. The summed E-state index contributed by atoms with van der Waals surface area (Å²) in [6, 6.07) is 5.30. The van der Waals surface area contributed by atoms with E-state index in [0.29, 0.717) is 49.7 Å². The Morgan fingerprint density at radius 1 is 1.18 bits per heavy atom. The molecule has 0 radical (unpaired) electrons. The first kappa shape index (κ1) is 24.0. The van der Waals surface area contributed by atoms with E-state index in [1.165, 1.54) is 18.2 Å². The number of nitrogens with zero attached hydrogens (tertiary/aromatic N) is 4. The summed E-state index contributed by atoms with van der Waals surface area (Å²) in [7, 11) is 3.43. The molecule has 1 atom stereocenters.